The normalized spacial score (nSPS) is 12.2. The van der Waals surface area contributed by atoms with Gasteiger partial charge in [0.25, 0.3) is 5.91 Å². The van der Waals surface area contributed by atoms with Crippen LogP contribution in [-0.2, 0) is 0 Å². The number of nitrogens with one attached hydrogen (secondary N) is 1. The van der Waals surface area contributed by atoms with Gasteiger partial charge < -0.3 is 5.32 Å². The molecule has 0 saturated carbocycles. The number of carbonyl (C=O) groups excluding carboxylic acids is 1. The maximum Gasteiger partial charge on any atom is 0.254 e. The number of carbonyl (C=O) groups is 1. The van der Waals surface area contributed by atoms with Crippen molar-refractivity contribution in [2.24, 2.45) is 0 Å². The first-order valence-electron chi connectivity index (χ1n) is 5.82. The molecule has 0 saturated heterocycles. The lowest BCUT2D eigenvalue weighted by atomic mass is 10.2. The van der Waals surface area contributed by atoms with Crippen LogP contribution in [0.25, 0.3) is 0 Å². The van der Waals surface area contributed by atoms with E-state index in [0.717, 1.165) is 15.6 Å². The van der Waals surface area contributed by atoms with Crippen LogP contribution in [0.5, 0.6) is 0 Å². The van der Waals surface area contributed by atoms with Gasteiger partial charge in [0, 0.05) is 23.0 Å². The second-order valence-corrected chi connectivity index (χ2v) is 5.98. The van der Waals surface area contributed by atoms with Crippen molar-refractivity contribution < 1.29 is 4.79 Å². The molecule has 6 heteroatoms. The van der Waals surface area contributed by atoms with Gasteiger partial charge >= 0.3 is 0 Å². The predicted molar refractivity (Wildman–Crippen MR) is 76.7 cm³/mol. The van der Waals surface area contributed by atoms with Crippen LogP contribution in [0.4, 0.5) is 0 Å². The van der Waals surface area contributed by atoms with Crippen molar-refractivity contribution in [3.8, 4) is 0 Å². The summed E-state index contributed by atoms with van der Waals surface area (Å²) in [7, 11) is 0. The Morgan fingerprint density at radius 2 is 2.11 bits per heavy atom. The van der Waals surface area contributed by atoms with Gasteiger partial charge in [-0.2, -0.15) is 0 Å². The van der Waals surface area contributed by atoms with Crippen molar-refractivity contribution in [2.75, 3.05) is 0 Å². The number of hydrogen-bond donors (Lipinski definition) is 1. The highest BCUT2D eigenvalue weighted by Gasteiger charge is 2.16. The molecule has 0 radical (unpaired) electrons. The molecule has 0 bridgehead atoms. The van der Waals surface area contributed by atoms with Gasteiger partial charge in [-0.05, 0) is 26.8 Å². The number of aryl methyl sites for hydroxylation is 2. The summed E-state index contributed by atoms with van der Waals surface area (Å²) in [6, 6.07) is 1.53. The molecule has 100 valence electrons. The number of halogens is 1. The van der Waals surface area contributed by atoms with Crippen LogP contribution in [-0.4, -0.2) is 15.9 Å². The van der Waals surface area contributed by atoms with Gasteiger partial charge in [0.15, 0.2) is 0 Å². The number of amides is 1. The fraction of sp³-hybridized carbons (Fsp3) is 0.308. The quantitative estimate of drug-likeness (QED) is 0.945. The minimum Gasteiger partial charge on any atom is -0.343 e. The van der Waals surface area contributed by atoms with E-state index in [0.29, 0.717) is 10.6 Å². The smallest absolute Gasteiger partial charge is 0.254 e. The van der Waals surface area contributed by atoms with E-state index < -0.39 is 0 Å². The minimum absolute atomic E-state index is 0.149. The van der Waals surface area contributed by atoms with Crippen molar-refractivity contribution in [2.45, 2.75) is 26.8 Å². The van der Waals surface area contributed by atoms with Gasteiger partial charge in [-0.25, -0.2) is 4.98 Å². The summed E-state index contributed by atoms with van der Waals surface area (Å²) in [6.45, 7) is 5.71. The van der Waals surface area contributed by atoms with Crippen molar-refractivity contribution in [3.05, 3.63) is 44.6 Å². The summed E-state index contributed by atoms with van der Waals surface area (Å²) < 4.78 is 0. The number of rotatable bonds is 3. The Hall–Kier alpha value is -1.46. The number of hydrogen-bond acceptors (Lipinski definition) is 4. The Balaban J connectivity index is 2.12. The van der Waals surface area contributed by atoms with E-state index in [1.54, 1.807) is 23.6 Å². The summed E-state index contributed by atoms with van der Waals surface area (Å²) >= 11 is 7.61. The molecule has 0 aliphatic heterocycles. The number of nitrogens with zero attached hydrogens (tertiary/aromatic N) is 2. The maximum atomic E-state index is 12.1. The summed E-state index contributed by atoms with van der Waals surface area (Å²) in [5, 5.41) is 4.16. The van der Waals surface area contributed by atoms with E-state index in [9.17, 15) is 4.79 Å². The summed E-state index contributed by atoms with van der Waals surface area (Å²) in [4.78, 5) is 21.6. The molecule has 1 atom stereocenters. The molecule has 2 aromatic heterocycles. The third kappa shape index (κ3) is 3.30. The Morgan fingerprint density at radius 3 is 2.68 bits per heavy atom. The lowest BCUT2D eigenvalue weighted by molar-refractivity contribution is 0.0939. The molecule has 0 spiro atoms. The first-order valence-corrected chi connectivity index (χ1v) is 7.02. The number of thiazole rings is 1. The molecule has 0 aromatic carbocycles. The summed E-state index contributed by atoms with van der Waals surface area (Å²) in [6.07, 6.45) is 3.29. The first-order chi connectivity index (χ1) is 8.97. The molecule has 19 heavy (non-hydrogen) atoms. The molecule has 0 fully saturated rings. The molecule has 4 nitrogen and oxygen atoms in total. The lowest BCUT2D eigenvalue weighted by Crippen LogP contribution is -2.27. The van der Waals surface area contributed by atoms with Gasteiger partial charge in [-0.1, -0.05) is 11.6 Å². The molecule has 2 heterocycles. The standard InChI is InChI=1S/C13H14ClN3OS/c1-7-4-11(14)10(6-15-7)12(18)17-9(3)13-16-5-8(2)19-13/h4-6,9H,1-3H3,(H,17,18). The molecule has 0 aliphatic rings. The third-order valence-electron chi connectivity index (χ3n) is 2.59. The molecular formula is C13H14ClN3OS. The average Bonchev–Trinajstić information content (AvgIpc) is 2.75. The highest BCUT2D eigenvalue weighted by atomic mass is 35.5. The lowest BCUT2D eigenvalue weighted by Gasteiger charge is -2.12. The van der Waals surface area contributed by atoms with Crippen LogP contribution in [0.15, 0.2) is 18.5 Å². The van der Waals surface area contributed by atoms with Crippen molar-refractivity contribution >= 4 is 28.8 Å². The second-order valence-electron chi connectivity index (χ2n) is 4.31. The zero-order chi connectivity index (χ0) is 14.0. The SMILES string of the molecule is Cc1cc(Cl)c(C(=O)NC(C)c2ncc(C)s2)cn1. The average molecular weight is 296 g/mol. The topological polar surface area (TPSA) is 54.9 Å². The molecule has 2 aromatic rings. The van der Waals surface area contributed by atoms with E-state index in [2.05, 4.69) is 15.3 Å². The predicted octanol–water partition coefficient (Wildman–Crippen LogP) is 3.30. The van der Waals surface area contributed by atoms with Gasteiger partial charge in [0.2, 0.25) is 0 Å². The molecule has 1 unspecified atom stereocenters. The van der Waals surface area contributed by atoms with Crippen LogP contribution in [0.1, 0.15) is 38.9 Å². The number of aromatic nitrogens is 2. The third-order valence-corrected chi connectivity index (χ3v) is 4.00. The van der Waals surface area contributed by atoms with Crippen LogP contribution >= 0.6 is 22.9 Å². The summed E-state index contributed by atoms with van der Waals surface area (Å²) in [5.41, 5.74) is 1.16. The van der Waals surface area contributed by atoms with E-state index in [-0.39, 0.29) is 11.9 Å². The maximum absolute atomic E-state index is 12.1. The van der Waals surface area contributed by atoms with Crippen LogP contribution < -0.4 is 5.32 Å². The van der Waals surface area contributed by atoms with Gasteiger partial charge in [0.05, 0.1) is 16.6 Å². The Labute approximate surface area is 120 Å². The van der Waals surface area contributed by atoms with Gasteiger partial charge in [-0.3, -0.25) is 9.78 Å². The molecular weight excluding hydrogens is 282 g/mol. The van der Waals surface area contributed by atoms with Crippen molar-refractivity contribution in [3.63, 3.8) is 0 Å². The first kappa shape index (κ1) is 14.0. The summed E-state index contributed by atoms with van der Waals surface area (Å²) in [5.74, 6) is -0.238. The molecule has 2 rings (SSSR count). The van der Waals surface area contributed by atoms with Gasteiger partial charge in [0.1, 0.15) is 5.01 Å². The van der Waals surface area contributed by atoms with Crippen molar-refractivity contribution in [1.29, 1.82) is 0 Å². The molecule has 0 aliphatic carbocycles. The Kier molecular flexibility index (Phi) is 4.17. The molecule has 1 amide bonds. The minimum atomic E-state index is -0.238. The van der Waals surface area contributed by atoms with Crippen LogP contribution in [0, 0.1) is 13.8 Å². The Bertz CT molecular complexity index is 612. The van der Waals surface area contributed by atoms with E-state index in [1.165, 1.54) is 6.20 Å². The number of pyridine rings is 1. The van der Waals surface area contributed by atoms with Crippen LogP contribution in [0.2, 0.25) is 5.02 Å². The zero-order valence-electron chi connectivity index (χ0n) is 10.9. The largest absolute Gasteiger partial charge is 0.343 e. The van der Waals surface area contributed by atoms with Crippen LogP contribution in [0.3, 0.4) is 0 Å². The Morgan fingerprint density at radius 1 is 1.37 bits per heavy atom. The fourth-order valence-corrected chi connectivity index (χ4v) is 2.67. The fourth-order valence-electron chi connectivity index (χ4n) is 1.60. The highest BCUT2D eigenvalue weighted by molar-refractivity contribution is 7.11. The monoisotopic (exact) mass is 295 g/mol. The van der Waals surface area contributed by atoms with Crippen molar-refractivity contribution in [1.82, 2.24) is 15.3 Å². The van der Waals surface area contributed by atoms with Gasteiger partial charge in [-0.15, -0.1) is 11.3 Å². The highest BCUT2D eigenvalue weighted by Crippen LogP contribution is 2.21. The zero-order valence-corrected chi connectivity index (χ0v) is 12.5. The molecule has 1 N–H and O–H groups in total. The van der Waals surface area contributed by atoms with E-state index in [4.69, 9.17) is 11.6 Å². The van der Waals surface area contributed by atoms with E-state index >= 15 is 0 Å². The second kappa shape index (κ2) is 5.67. The van der Waals surface area contributed by atoms with E-state index in [1.807, 2.05) is 20.8 Å².